The van der Waals surface area contributed by atoms with Gasteiger partial charge in [-0.25, -0.2) is 0 Å². The number of aromatic nitrogens is 2. The van der Waals surface area contributed by atoms with E-state index in [9.17, 15) is 0 Å². The summed E-state index contributed by atoms with van der Waals surface area (Å²) in [6.07, 6.45) is 10.1. The van der Waals surface area contributed by atoms with E-state index < -0.39 is 0 Å². The Labute approximate surface area is 122 Å². The average molecular weight is 276 g/mol. The van der Waals surface area contributed by atoms with Gasteiger partial charge in [-0.2, -0.15) is 5.10 Å². The molecule has 112 valence electrons. The van der Waals surface area contributed by atoms with Crippen molar-refractivity contribution in [3.63, 3.8) is 0 Å². The maximum atomic E-state index is 6.18. The van der Waals surface area contributed by atoms with Crippen LogP contribution in [0.2, 0.25) is 0 Å². The van der Waals surface area contributed by atoms with E-state index in [0.717, 1.165) is 19.6 Å². The largest absolute Gasteiger partial charge is 0.326 e. The molecule has 2 unspecified atom stereocenters. The summed E-state index contributed by atoms with van der Waals surface area (Å²) >= 11 is 0. The van der Waals surface area contributed by atoms with Crippen molar-refractivity contribution in [2.24, 2.45) is 11.7 Å². The molecule has 0 aromatic carbocycles. The molecule has 1 saturated carbocycles. The topological polar surface area (TPSA) is 47.1 Å². The molecule has 2 fully saturated rings. The molecular formula is C16H28N4. The standard InChI is InChI=1S/C16H28N4/c1-13-7-9-19(12-16(13)17)11-14-8-10-20(18-14)15-5-3-2-4-6-15/h8,10,13,15-16H,2-7,9,11-12,17H2,1H3. The molecule has 3 rings (SSSR count). The first-order chi connectivity index (χ1) is 9.72. The van der Waals surface area contributed by atoms with E-state index in [4.69, 9.17) is 10.8 Å². The molecule has 2 heterocycles. The Hall–Kier alpha value is -0.870. The van der Waals surface area contributed by atoms with Crippen molar-refractivity contribution in [2.75, 3.05) is 13.1 Å². The zero-order valence-electron chi connectivity index (χ0n) is 12.7. The lowest BCUT2D eigenvalue weighted by atomic mass is 9.94. The summed E-state index contributed by atoms with van der Waals surface area (Å²) in [5.41, 5.74) is 7.38. The van der Waals surface area contributed by atoms with Gasteiger partial charge >= 0.3 is 0 Å². The smallest absolute Gasteiger partial charge is 0.0764 e. The zero-order valence-corrected chi connectivity index (χ0v) is 12.7. The van der Waals surface area contributed by atoms with Crippen LogP contribution in [-0.4, -0.2) is 33.8 Å². The lowest BCUT2D eigenvalue weighted by Gasteiger charge is -2.34. The lowest BCUT2D eigenvalue weighted by Crippen LogP contribution is -2.47. The monoisotopic (exact) mass is 276 g/mol. The first kappa shape index (κ1) is 14.1. The minimum absolute atomic E-state index is 0.323. The van der Waals surface area contributed by atoms with Crippen molar-refractivity contribution in [3.8, 4) is 0 Å². The number of nitrogens with two attached hydrogens (primary N) is 1. The molecule has 2 atom stereocenters. The molecule has 1 aliphatic carbocycles. The van der Waals surface area contributed by atoms with Crippen molar-refractivity contribution in [1.82, 2.24) is 14.7 Å². The molecule has 20 heavy (non-hydrogen) atoms. The van der Waals surface area contributed by atoms with Crippen LogP contribution in [0.4, 0.5) is 0 Å². The SMILES string of the molecule is CC1CCN(Cc2ccn(C3CCCCC3)n2)CC1N. The van der Waals surface area contributed by atoms with E-state index in [-0.39, 0.29) is 0 Å². The molecular weight excluding hydrogens is 248 g/mol. The lowest BCUT2D eigenvalue weighted by molar-refractivity contribution is 0.160. The normalized spacial score (nSPS) is 29.7. The van der Waals surface area contributed by atoms with Crippen LogP contribution in [-0.2, 0) is 6.54 Å². The Bertz CT molecular complexity index is 422. The maximum Gasteiger partial charge on any atom is 0.0764 e. The van der Waals surface area contributed by atoms with E-state index in [2.05, 4.69) is 28.8 Å². The molecule has 0 amide bonds. The minimum atomic E-state index is 0.323. The average Bonchev–Trinajstić information content (AvgIpc) is 2.92. The van der Waals surface area contributed by atoms with E-state index in [0.29, 0.717) is 18.0 Å². The summed E-state index contributed by atoms with van der Waals surface area (Å²) in [5, 5.41) is 4.81. The van der Waals surface area contributed by atoms with E-state index in [1.165, 1.54) is 44.2 Å². The van der Waals surface area contributed by atoms with Crippen LogP contribution in [0.3, 0.4) is 0 Å². The second-order valence-corrected chi connectivity index (χ2v) is 6.74. The predicted molar refractivity (Wildman–Crippen MR) is 81.4 cm³/mol. The van der Waals surface area contributed by atoms with Crippen LogP contribution in [0.5, 0.6) is 0 Å². The zero-order chi connectivity index (χ0) is 13.9. The number of hydrogen-bond acceptors (Lipinski definition) is 3. The fourth-order valence-electron chi connectivity index (χ4n) is 3.55. The summed E-state index contributed by atoms with van der Waals surface area (Å²) in [4.78, 5) is 2.46. The molecule has 1 saturated heterocycles. The quantitative estimate of drug-likeness (QED) is 0.923. The highest BCUT2D eigenvalue weighted by molar-refractivity contribution is 5.01. The van der Waals surface area contributed by atoms with E-state index in [1.54, 1.807) is 0 Å². The molecule has 2 N–H and O–H groups in total. The van der Waals surface area contributed by atoms with Crippen LogP contribution >= 0.6 is 0 Å². The van der Waals surface area contributed by atoms with Gasteiger partial charge in [0, 0.05) is 25.3 Å². The van der Waals surface area contributed by atoms with Gasteiger partial charge < -0.3 is 5.73 Å². The Balaban J connectivity index is 1.57. The van der Waals surface area contributed by atoms with Gasteiger partial charge in [-0.05, 0) is 37.8 Å². The van der Waals surface area contributed by atoms with Gasteiger partial charge in [0.05, 0.1) is 11.7 Å². The van der Waals surface area contributed by atoms with Crippen molar-refractivity contribution in [2.45, 2.75) is 64.1 Å². The summed E-state index contributed by atoms with van der Waals surface area (Å²) in [5.74, 6) is 0.658. The molecule has 0 spiro atoms. The Morgan fingerprint density at radius 2 is 2.05 bits per heavy atom. The number of hydrogen-bond donors (Lipinski definition) is 1. The Morgan fingerprint density at radius 3 is 2.80 bits per heavy atom. The van der Waals surface area contributed by atoms with Gasteiger partial charge in [0.1, 0.15) is 0 Å². The highest BCUT2D eigenvalue weighted by atomic mass is 15.3. The van der Waals surface area contributed by atoms with Gasteiger partial charge in [-0.1, -0.05) is 26.2 Å². The van der Waals surface area contributed by atoms with Crippen LogP contribution in [0.25, 0.3) is 0 Å². The van der Waals surface area contributed by atoms with E-state index >= 15 is 0 Å². The van der Waals surface area contributed by atoms with Crippen LogP contribution in [0, 0.1) is 5.92 Å². The third kappa shape index (κ3) is 3.23. The first-order valence-corrected chi connectivity index (χ1v) is 8.24. The van der Waals surface area contributed by atoms with Crippen LogP contribution in [0.15, 0.2) is 12.3 Å². The number of rotatable bonds is 3. The second kappa shape index (κ2) is 6.27. The first-order valence-electron chi connectivity index (χ1n) is 8.24. The Kier molecular flexibility index (Phi) is 4.41. The fourth-order valence-corrected chi connectivity index (χ4v) is 3.55. The fraction of sp³-hybridized carbons (Fsp3) is 0.812. The molecule has 0 bridgehead atoms. The molecule has 0 radical (unpaired) electrons. The highest BCUT2D eigenvalue weighted by Gasteiger charge is 2.23. The molecule has 4 heteroatoms. The summed E-state index contributed by atoms with van der Waals surface area (Å²) in [6, 6.07) is 3.16. The van der Waals surface area contributed by atoms with Crippen molar-refractivity contribution in [1.29, 1.82) is 0 Å². The van der Waals surface area contributed by atoms with Crippen molar-refractivity contribution in [3.05, 3.63) is 18.0 Å². The van der Waals surface area contributed by atoms with E-state index in [1.807, 2.05) is 0 Å². The molecule has 1 aliphatic heterocycles. The van der Waals surface area contributed by atoms with Gasteiger partial charge in [0.25, 0.3) is 0 Å². The third-order valence-electron chi connectivity index (χ3n) is 5.10. The predicted octanol–water partition coefficient (Wildman–Crippen LogP) is 2.56. The molecule has 4 nitrogen and oxygen atoms in total. The molecule has 1 aromatic heterocycles. The van der Waals surface area contributed by atoms with Crippen molar-refractivity contribution < 1.29 is 0 Å². The second-order valence-electron chi connectivity index (χ2n) is 6.74. The number of nitrogens with zero attached hydrogens (tertiary/aromatic N) is 3. The summed E-state index contributed by atoms with van der Waals surface area (Å²) in [7, 11) is 0. The summed E-state index contributed by atoms with van der Waals surface area (Å²) in [6.45, 7) is 5.39. The summed E-state index contributed by atoms with van der Waals surface area (Å²) < 4.78 is 2.21. The van der Waals surface area contributed by atoms with Crippen molar-refractivity contribution >= 4 is 0 Å². The van der Waals surface area contributed by atoms with Gasteiger partial charge in [0.2, 0.25) is 0 Å². The number of piperidine rings is 1. The van der Waals surface area contributed by atoms with Gasteiger partial charge in [-0.15, -0.1) is 0 Å². The highest BCUT2D eigenvalue weighted by Crippen LogP contribution is 2.27. The minimum Gasteiger partial charge on any atom is -0.326 e. The maximum absolute atomic E-state index is 6.18. The number of likely N-dealkylation sites (tertiary alicyclic amines) is 1. The van der Waals surface area contributed by atoms with Crippen LogP contribution < -0.4 is 5.73 Å². The molecule has 2 aliphatic rings. The molecule has 1 aromatic rings. The van der Waals surface area contributed by atoms with Crippen LogP contribution in [0.1, 0.15) is 57.2 Å². The van der Waals surface area contributed by atoms with Gasteiger partial charge in [0.15, 0.2) is 0 Å². The van der Waals surface area contributed by atoms with Gasteiger partial charge in [-0.3, -0.25) is 9.58 Å². The Morgan fingerprint density at radius 1 is 1.25 bits per heavy atom. The third-order valence-corrected chi connectivity index (χ3v) is 5.10.